The Labute approximate surface area is 191 Å². The van der Waals surface area contributed by atoms with E-state index in [4.69, 9.17) is 4.74 Å². The molecular formula is C27H35N3O2. The molecule has 1 amide bonds. The van der Waals surface area contributed by atoms with Gasteiger partial charge in [0.25, 0.3) is 0 Å². The highest BCUT2D eigenvalue weighted by Gasteiger charge is 2.31. The largest absolute Gasteiger partial charge is 0.377 e. The van der Waals surface area contributed by atoms with E-state index in [9.17, 15) is 4.79 Å². The quantitative estimate of drug-likeness (QED) is 0.758. The monoisotopic (exact) mass is 433 g/mol. The second-order valence-corrected chi connectivity index (χ2v) is 10.8. The van der Waals surface area contributed by atoms with Crippen LogP contribution in [0.25, 0.3) is 11.1 Å². The van der Waals surface area contributed by atoms with Gasteiger partial charge in [-0.2, -0.15) is 0 Å². The standard InChI is InChI=1S/C27H35N3O2/c1-27(2,3)15-26(31)29-12-10-21(11-13-29)19-4-6-20(7-5-19)22-8-9-23-16-28-30(25(23)14-22)24-17-32-18-24/h4-9,14,21,24,28H,10-13,15-18H2,1-3H3. The Morgan fingerprint density at radius 1 is 1.03 bits per heavy atom. The first kappa shape index (κ1) is 21.5. The van der Waals surface area contributed by atoms with Crippen molar-refractivity contribution in [2.75, 3.05) is 31.3 Å². The molecule has 0 atom stereocenters. The smallest absolute Gasteiger partial charge is 0.223 e. The number of hydrogen-bond donors (Lipinski definition) is 1. The van der Waals surface area contributed by atoms with Crippen molar-refractivity contribution in [2.45, 2.75) is 58.5 Å². The number of hydrogen-bond acceptors (Lipinski definition) is 4. The molecule has 2 saturated heterocycles. The zero-order valence-electron chi connectivity index (χ0n) is 19.6. The molecule has 1 N–H and O–H groups in total. The Hall–Kier alpha value is -2.37. The number of anilines is 1. The minimum Gasteiger partial charge on any atom is -0.377 e. The zero-order chi connectivity index (χ0) is 22.3. The van der Waals surface area contributed by atoms with Crippen LogP contribution in [-0.2, 0) is 16.1 Å². The highest BCUT2D eigenvalue weighted by Crippen LogP contribution is 2.35. The summed E-state index contributed by atoms with van der Waals surface area (Å²) in [5.41, 5.74) is 10.1. The molecule has 170 valence electrons. The molecule has 0 radical (unpaired) electrons. The summed E-state index contributed by atoms with van der Waals surface area (Å²) in [6.45, 7) is 10.6. The van der Waals surface area contributed by atoms with Gasteiger partial charge in [0, 0.05) is 26.1 Å². The maximum Gasteiger partial charge on any atom is 0.223 e. The molecule has 3 aliphatic heterocycles. The van der Waals surface area contributed by atoms with E-state index in [0.29, 0.717) is 24.3 Å². The van der Waals surface area contributed by atoms with Gasteiger partial charge in [-0.25, -0.2) is 5.43 Å². The summed E-state index contributed by atoms with van der Waals surface area (Å²) in [6.07, 6.45) is 2.74. The predicted octanol–water partition coefficient (Wildman–Crippen LogP) is 4.72. The Kier molecular flexibility index (Phi) is 5.72. The zero-order valence-corrected chi connectivity index (χ0v) is 19.6. The molecule has 2 aromatic carbocycles. The number of nitrogens with one attached hydrogen (secondary N) is 1. The number of likely N-dealkylation sites (tertiary alicyclic amines) is 1. The molecule has 5 heteroatoms. The number of carbonyl (C=O) groups is 1. The van der Waals surface area contributed by atoms with Gasteiger partial charge in [0.05, 0.1) is 24.9 Å². The number of piperidine rings is 1. The molecule has 5 nitrogen and oxygen atoms in total. The maximum atomic E-state index is 12.5. The summed E-state index contributed by atoms with van der Waals surface area (Å²) < 4.78 is 5.39. The maximum absolute atomic E-state index is 12.5. The second kappa shape index (κ2) is 8.53. The molecule has 2 aromatic rings. The van der Waals surface area contributed by atoms with E-state index in [2.05, 4.69) is 78.6 Å². The highest BCUT2D eigenvalue weighted by atomic mass is 16.5. The number of rotatable bonds is 4. The van der Waals surface area contributed by atoms with Crippen molar-refractivity contribution in [3.63, 3.8) is 0 Å². The molecule has 0 spiro atoms. The van der Waals surface area contributed by atoms with Crippen LogP contribution in [-0.4, -0.2) is 43.2 Å². The summed E-state index contributed by atoms with van der Waals surface area (Å²) >= 11 is 0. The van der Waals surface area contributed by atoms with Gasteiger partial charge in [-0.3, -0.25) is 4.79 Å². The normalized spacial score (nSPS) is 19.7. The second-order valence-electron chi connectivity index (χ2n) is 10.8. The van der Waals surface area contributed by atoms with Crippen LogP contribution < -0.4 is 10.4 Å². The number of ether oxygens (including phenoxy) is 1. The molecule has 3 aliphatic rings. The average molecular weight is 434 g/mol. The van der Waals surface area contributed by atoms with Gasteiger partial charge < -0.3 is 14.6 Å². The van der Waals surface area contributed by atoms with E-state index in [0.717, 1.165) is 45.7 Å². The lowest BCUT2D eigenvalue weighted by molar-refractivity contribution is -0.134. The molecule has 3 heterocycles. The van der Waals surface area contributed by atoms with Crippen LogP contribution in [0.2, 0.25) is 0 Å². The number of fused-ring (bicyclic) bond motifs is 1. The fraction of sp³-hybridized carbons (Fsp3) is 0.519. The highest BCUT2D eigenvalue weighted by molar-refractivity contribution is 5.77. The van der Waals surface area contributed by atoms with Gasteiger partial charge in [0.15, 0.2) is 0 Å². The van der Waals surface area contributed by atoms with Crippen molar-refractivity contribution in [3.05, 3.63) is 53.6 Å². The van der Waals surface area contributed by atoms with Crippen LogP contribution in [0.3, 0.4) is 0 Å². The third-order valence-electron chi connectivity index (χ3n) is 7.01. The topological polar surface area (TPSA) is 44.8 Å². The van der Waals surface area contributed by atoms with Crippen molar-refractivity contribution in [1.82, 2.24) is 10.3 Å². The molecule has 0 aliphatic carbocycles. The van der Waals surface area contributed by atoms with E-state index < -0.39 is 0 Å². The summed E-state index contributed by atoms with van der Waals surface area (Å²) in [7, 11) is 0. The fourth-order valence-corrected chi connectivity index (χ4v) is 5.05. The molecule has 0 aromatic heterocycles. The van der Waals surface area contributed by atoms with Gasteiger partial charge in [-0.05, 0) is 52.5 Å². The minimum atomic E-state index is 0.0556. The number of benzene rings is 2. The van der Waals surface area contributed by atoms with Crippen LogP contribution in [0.4, 0.5) is 5.69 Å². The predicted molar refractivity (Wildman–Crippen MR) is 128 cm³/mol. The molecule has 2 fully saturated rings. The van der Waals surface area contributed by atoms with Crippen LogP contribution in [0.1, 0.15) is 57.1 Å². The third kappa shape index (κ3) is 4.41. The van der Waals surface area contributed by atoms with E-state index in [1.807, 2.05) is 0 Å². The average Bonchev–Trinajstić information content (AvgIpc) is 3.14. The summed E-state index contributed by atoms with van der Waals surface area (Å²) in [6, 6.07) is 16.3. The van der Waals surface area contributed by atoms with Crippen molar-refractivity contribution < 1.29 is 9.53 Å². The lowest BCUT2D eigenvalue weighted by Gasteiger charge is -2.36. The summed E-state index contributed by atoms with van der Waals surface area (Å²) in [5, 5.41) is 2.28. The first-order valence-electron chi connectivity index (χ1n) is 12.0. The minimum absolute atomic E-state index is 0.0556. The first-order chi connectivity index (χ1) is 15.4. The number of amides is 1. The molecule has 5 rings (SSSR count). The summed E-state index contributed by atoms with van der Waals surface area (Å²) in [5.74, 6) is 0.848. The Balaban J connectivity index is 1.23. The Bertz CT molecular complexity index is 967. The van der Waals surface area contributed by atoms with E-state index in [-0.39, 0.29) is 5.41 Å². The molecule has 0 unspecified atom stereocenters. The van der Waals surface area contributed by atoms with Crippen molar-refractivity contribution in [2.24, 2.45) is 5.41 Å². The van der Waals surface area contributed by atoms with Gasteiger partial charge in [-0.1, -0.05) is 57.2 Å². The molecular weight excluding hydrogens is 398 g/mol. The van der Waals surface area contributed by atoms with Crippen molar-refractivity contribution in [1.29, 1.82) is 0 Å². The third-order valence-corrected chi connectivity index (χ3v) is 7.01. The molecule has 0 bridgehead atoms. The lowest BCUT2D eigenvalue weighted by atomic mass is 9.87. The number of carbonyl (C=O) groups excluding carboxylic acids is 1. The molecule has 0 saturated carbocycles. The van der Waals surface area contributed by atoms with Crippen LogP contribution >= 0.6 is 0 Å². The van der Waals surface area contributed by atoms with Gasteiger partial charge in [0.1, 0.15) is 0 Å². The summed E-state index contributed by atoms with van der Waals surface area (Å²) in [4.78, 5) is 14.6. The van der Waals surface area contributed by atoms with Gasteiger partial charge >= 0.3 is 0 Å². The van der Waals surface area contributed by atoms with E-state index in [1.165, 1.54) is 27.9 Å². The number of nitrogens with zero attached hydrogens (tertiary/aromatic N) is 2. The fourth-order valence-electron chi connectivity index (χ4n) is 5.05. The van der Waals surface area contributed by atoms with Gasteiger partial charge in [0.2, 0.25) is 5.91 Å². The van der Waals surface area contributed by atoms with Crippen molar-refractivity contribution >= 4 is 11.6 Å². The van der Waals surface area contributed by atoms with Crippen LogP contribution in [0, 0.1) is 5.41 Å². The SMILES string of the molecule is CC(C)(C)CC(=O)N1CCC(c2ccc(-c3ccc4c(c3)N(C3COC3)NC4)cc2)CC1. The van der Waals surface area contributed by atoms with Crippen molar-refractivity contribution in [3.8, 4) is 11.1 Å². The van der Waals surface area contributed by atoms with E-state index >= 15 is 0 Å². The first-order valence-corrected chi connectivity index (χ1v) is 12.0. The molecule has 32 heavy (non-hydrogen) atoms. The lowest BCUT2D eigenvalue weighted by Crippen LogP contribution is -2.53. The van der Waals surface area contributed by atoms with Crippen LogP contribution in [0.5, 0.6) is 0 Å². The van der Waals surface area contributed by atoms with E-state index in [1.54, 1.807) is 0 Å². The Morgan fingerprint density at radius 2 is 1.72 bits per heavy atom. The Morgan fingerprint density at radius 3 is 2.34 bits per heavy atom. The number of hydrazine groups is 1. The van der Waals surface area contributed by atoms with Gasteiger partial charge in [-0.15, -0.1) is 0 Å². The van der Waals surface area contributed by atoms with Crippen LogP contribution in [0.15, 0.2) is 42.5 Å².